The summed E-state index contributed by atoms with van der Waals surface area (Å²) < 4.78 is 21.4. The molecule has 0 radical (unpaired) electrons. The molecule has 1 fully saturated rings. The number of carbonyl (C=O) groups is 1. The summed E-state index contributed by atoms with van der Waals surface area (Å²) in [5.74, 6) is 0.0346. The molecule has 3 aromatic rings. The molecule has 0 spiro atoms. The number of hydrogen-bond donors (Lipinski definition) is 0. The van der Waals surface area contributed by atoms with Crippen molar-refractivity contribution in [2.24, 2.45) is 0 Å². The SMILES string of the molecule is CCOC(=O)C(Sc1nnc(-c2cccc(F)c2)n1C1CCCCC1)c1ccccc1. The minimum Gasteiger partial charge on any atom is -0.465 e. The van der Waals surface area contributed by atoms with Crippen molar-refractivity contribution in [3.05, 3.63) is 66.0 Å². The Kier molecular flexibility index (Phi) is 7.02. The molecule has 0 aliphatic heterocycles. The Labute approximate surface area is 186 Å². The highest BCUT2D eigenvalue weighted by Gasteiger charge is 2.30. The van der Waals surface area contributed by atoms with Crippen molar-refractivity contribution in [1.29, 1.82) is 0 Å². The van der Waals surface area contributed by atoms with Crippen LogP contribution in [-0.2, 0) is 9.53 Å². The van der Waals surface area contributed by atoms with Crippen molar-refractivity contribution in [3.8, 4) is 11.4 Å². The summed E-state index contributed by atoms with van der Waals surface area (Å²) in [7, 11) is 0. The topological polar surface area (TPSA) is 57.0 Å². The minimum atomic E-state index is -0.548. The van der Waals surface area contributed by atoms with Crippen LogP contribution in [0.4, 0.5) is 4.39 Å². The largest absolute Gasteiger partial charge is 0.465 e. The standard InChI is InChI=1S/C24H26FN3O2S/c1-2-30-23(29)21(17-10-5-3-6-11-17)31-24-27-26-22(18-12-9-13-19(25)16-18)28(24)20-14-7-4-8-15-20/h3,5-6,9-13,16,20-21H,2,4,7-8,14-15H2,1H3. The summed E-state index contributed by atoms with van der Waals surface area (Å²) >= 11 is 1.35. The Balaban J connectivity index is 1.75. The zero-order valence-corrected chi connectivity index (χ0v) is 18.4. The van der Waals surface area contributed by atoms with Gasteiger partial charge in [0.2, 0.25) is 0 Å². The first-order chi connectivity index (χ1) is 15.2. The Morgan fingerprint density at radius 1 is 1.13 bits per heavy atom. The van der Waals surface area contributed by atoms with Crippen LogP contribution in [0.3, 0.4) is 0 Å². The first-order valence-corrected chi connectivity index (χ1v) is 11.6. The second-order valence-electron chi connectivity index (χ2n) is 7.64. The molecule has 1 aromatic heterocycles. The third kappa shape index (κ3) is 4.98. The van der Waals surface area contributed by atoms with Crippen molar-refractivity contribution in [2.75, 3.05) is 6.61 Å². The summed E-state index contributed by atoms with van der Waals surface area (Å²) in [6.45, 7) is 2.11. The van der Waals surface area contributed by atoms with Crippen LogP contribution >= 0.6 is 11.8 Å². The zero-order valence-electron chi connectivity index (χ0n) is 17.5. The molecule has 1 aliphatic carbocycles. The van der Waals surface area contributed by atoms with Crippen molar-refractivity contribution >= 4 is 17.7 Å². The second-order valence-corrected chi connectivity index (χ2v) is 8.71. The van der Waals surface area contributed by atoms with E-state index >= 15 is 0 Å². The molecule has 1 saturated carbocycles. The molecule has 162 valence electrons. The number of rotatable bonds is 7. The fourth-order valence-corrected chi connectivity index (χ4v) is 5.16. The Morgan fingerprint density at radius 2 is 1.90 bits per heavy atom. The van der Waals surface area contributed by atoms with Crippen molar-refractivity contribution in [2.45, 2.75) is 55.5 Å². The number of ether oxygens (including phenoxy) is 1. The van der Waals surface area contributed by atoms with Gasteiger partial charge in [0.05, 0.1) is 6.61 Å². The molecule has 1 heterocycles. The van der Waals surface area contributed by atoms with E-state index in [0.29, 0.717) is 23.2 Å². The van der Waals surface area contributed by atoms with Crippen LogP contribution in [0.25, 0.3) is 11.4 Å². The second kappa shape index (κ2) is 10.1. The molecule has 0 bridgehead atoms. The van der Waals surface area contributed by atoms with Gasteiger partial charge in [-0.25, -0.2) is 4.39 Å². The van der Waals surface area contributed by atoms with Gasteiger partial charge in [-0.1, -0.05) is 73.5 Å². The number of carbonyl (C=O) groups excluding carboxylic acids is 1. The summed E-state index contributed by atoms with van der Waals surface area (Å²) in [6.07, 6.45) is 5.52. The van der Waals surface area contributed by atoms with E-state index in [9.17, 15) is 9.18 Å². The maximum Gasteiger partial charge on any atom is 0.324 e. The van der Waals surface area contributed by atoms with E-state index in [1.165, 1.54) is 30.3 Å². The quantitative estimate of drug-likeness (QED) is 0.334. The fraction of sp³-hybridized carbons (Fsp3) is 0.375. The number of nitrogens with zero attached hydrogens (tertiary/aromatic N) is 3. The van der Waals surface area contributed by atoms with Crippen LogP contribution in [0.2, 0.25) is 0 Å². The average Bonchev–Trinajstić information content (AvgIpc) is 3.22. The summed E-state index contributed by atoms with van der Waals surface area (Å²) in [5.41, 5.74) is 1.55. The van der Waals surface area contributed by atoms with E-state index in [-0.39, 0.29) is 17.8 Å². The van der Waals surface area contributed by atoms with Crippen LogP contribution in [0.15, 0.2) is 59.8 Å². The van der Waals surface area contributed by atoms with Gasteiger partial charge in [-0.2, -0.15) is 0 Å². The highest BCUT2D eigenvalue weighted by molar-refractivity contribution is 8.00. The van der Waals surface area contributed by atoms with Gasteiger partial charge < -0.3 is 4.74 Å². The van der Waals surface area contributed by atoms with E-state index in [0.717, 1.165) is 31.2 Å². The predicted molar refractivity (Wildman–Crippen MR) is 119 cm³/mol. The van der Waals surface area contributed by atoms with Crippen LogP contribution in [0.1, 0.15) is 55.9 Å². The fourth-order valence-electron chi connectivity index (χ4n) is 4.05. The number of hydrogen-bond acceptors (Lipinski definition) is 5. The Hall–Kier alpha value is -2.67. The molecule has 0 amide bonds. The van der Waals surface area contributed by atoms with Crippen molar-refractivity contribution in [3.63, 3.8) is 0 Å². The number of halogens is 1. The molecule has 4 rings (SSSR count). The Morgan fingerprint density at radius 3 is 2.61 bits per heavy atom. The lowest BCUT2D eigenvalue weighted by atomic mass is 9.95. The molecule has 1 aliphatic rings. The van der Waals surface area contributed by atoms with E-state index in [1.54, 1.807) is 13.0 Å². The van der Waals surface area contributed by atoms with Gasteiger partial charge in [-0.3, -0.25) is 9.36 Å². The lowest BCUT2D eigenvalue weighted by molar-refractivity contribution is -0.142. The summed E-state index contributed by atoms with van der Waals surface area (Å²) in [6, 6.07) is 16.2. The van der Waals surface area contributed by atoms with Gasteiger partial charge in [0.1, 0.15) is 11.1 Å². The third-order valence-corrected chi connectivity index (χ3v) is 6.70. The first kappa shape index (κ1) is 21.6. The maximum atomic E-state index is 13.9. The molecule has 1 atom stereocenters. The number of aromatic nitrogens is 3. The van der Waals surface area contributed by atoms with Gasteiger partial charge in [-0.15, -0.1) is 10.2 Å². The molecule has 5 nitrogen and oxygen atoms in total. The molecular weight excluding hydrogens is 413 g/mol. The van der Waals surface area contributed by atoms with Crippen molar-refractivity contribution < 1.29 is 13.9 Å². The van der Waals surface area contributed by atoms with Gasteiger partial charge in [0.25, 0.3) is 0 Å². The van der Waals surface area contributed by atoms with E-state index < -0.39 is 5.25 Å². The maximum absolute atomic E-state index is 13.9. The van der Waals surface area contributed by atoms with Gasteiger partial charge in [0.15, 0.2) is 11.0 Å². The van der Waals surface area contributed by atoms with E-state index in [2.05, 4.69) is 14.8 Å². The van der Waals surface area contributed by atoms with Crippen LogP contribution in [0, 0.1) is 5.82 Å². The minimum absolute atomic E-state index is 0.225. The van der Waals surface area contributed by atoms with Gasteiger partial charge >= 0.3 is 5.97 Å². The highest BCUT2D eigenvalue weighted by atomic mass is 32.2. The molecule has 1 unspecified atom stereocenters. The molecule has 0 N–H and O–H groups in total. The molecule has 31 heavy (non-hydrogen) atoms. The van der Waals surface area contributed by atoms with Crippen LogP contribution in [0.5, 0.6) is 0 Å². The average molecular weight is 440 g/mol. The lowest BCUT2D eigenvalue weighted by Gasteiger charge is -2.26. The molecule has 2 aromatic carbocycles. The van der Waals surface area contributed by atoms with E-state index in [1.807, 2.05) is 36.4 Å². The van der Waals surface area contributed by atoms with Crippen molar-refractivity contribution in [1.82, 2.24) is 14.8 Å². The molecule has 7 heteroatoms. The third-order valence-electron chi connectivity index (χ3n) is 5.51. The Bertz CT molecular complexity index is 1020. The monoisotopic (exact) mass is 439 g/mol. The predicted octanol–water partition coefficient (Wildman–Crippen LogP) is 5.99. The number of thioether (sulfide) groups is 1. The lowest BCUT2D eigenvalue weighted by Crippen LogP contribution is -2.17. The number of esters is 1. The van der Waals surface area contributed by atoms with Gasteiger partial charge in [-0.05, 0) is 37.5 Å². The first-order valence-electron chi connectivity index (χ1n) is 10.8. The zero-order chi connectivity index (χ0) is 21.6. The summed E-state index contributed by atoms with van der Waals surface area (Å²) in [4.78, 5) is 12.8. The van der Waals surface area contributed by atoms with Crippen LogP contribution < -0.4 is 0 Å². The number of benzene rings is 2. The normalized spacial score (nSPS) is 15.5. The highest BCUT2D eigenvalue weighted by Crippen LogP contribution is 2.41. The van der Waals surface area contributed by atoms with Gasteiger partial charge in [0, 0.05) is 11.6 Å². The smallest absolute Gasteiger partial charge is 0.324 e. The van der Waals surface area contributed by atoms with Crippen LogP contribution in [-0.4, -0.2) is 27.3 Å². The molecule has 0 saturated heterocycles. The molecular formula is C24H26FN3O2S. The summed E-state index contributed by atoms with van der Waals surface area (Å²) in [5, 5.41) is 8.99. The van der Waals surface area contributed by atoms with E-state index in [4.69, 9.17) is 4.74 Å².